The van der Waals surface area contributed by atoms with E-state index in [1.54, 1.807) is 7.11 Å². The SMILES string of the molecule is CC[C@@]12C[C@H](O[Si](C(C)C)(C(C)C)C(C)C)C(=O)N3CC[C@]45c6ccc(OC)cc6N(C)[C@H]4[C@](C(=O)OC)(O[C@@]315)[C@@H]2OCc1ccccc1. The zero-order valence-corrected chi connectivity index (χ0v) is 31.9. The Morgan fingerprint density at radius 3 is 2.29 bits per heavy atom. The highest BCUT2D eigenvalue weighted by Crippen LogP contribution is 2.80. The van der Waals surface area contributed by atoms with Gasteiger partial charge in [-0.15, -0.1) is 0 Å². The lowest BCUT2D eigenvalue weighted by Gasteiger charge is -2.62. The van der Waals surface area contributed by atoms with Crippen LogP contribution in [0.15, 0.2) is 48.5 Å². The van der Waals surface area contributed by atoms with Crippen molar-refractivity contribution in [3.8, 4) is 5.75 Å². The lowest BCUT2D eigenvalue weighted by molar-refractivity contribution is -0.226. The van der Waals surface area contributed by atoms with Gasteiger partial charge >= 0.3 is 5.97 Å². The van der Waals surface area contributed by atoms with Crippen molar-refractivity contribution in [1.82, 2.24) is 4.90 Å². The Hall–Kier alpha value is -2.92. The number of methoxy groups -OCH3 is 2. The molecule has 0 saturated carbocycles. The van der Waals surface area contributed by atoms with E-state index >= 15 is 4.79 Å². The molecule has 0 radical (unpaired) electrons. The van der Waals surface area contributed by atoms with Gasteiger partial charge in [0.15, 0.2) is 5.72 Å². The van der Waals surface area contributed by atoms with Crippen LogP contribution in [0.2, 0.25) is 16.6 Å². The van der Waals surface area contributed by atoms with E-state index in [-0.39, 0.29) is 12.5 Å². The molecule has 5 aliphatic rings. The Kier molecular flexibility index (Phi) is 8.14. The number of benzene rings is 2. The van der Waals surface area contributed by atoms with Crippen LogP contribution in [0.3, 0.4) is 0 Å². The number of anilines is 1. The summed E-state index contributed by atoms with van der Waals surface area (Å²) in [6.07, 6.45) is 0.280. The van der Waals surface area contributed by atoms with Gasteiger partial charge < -0.3 is 33.2 Å². The molecule has 7 rings (SSSR count). The number of nitrogens with zero attached hydrogens (tertiary/aromatic N) is 2. The number of hydrogen-bond donors (Lipinski definition) is 0. The summed E-state index contributed by atoms with van der Waals surface area (Å²) in [5.74, 6) is 0.235. The molecule has 5 aliphatic heterocycles. The zero-order valence-electron chi connectivity index (χ0n) is 30.9. The van der Waals surface area contributed by atoms with E-state index < -0.39 is 54.7 Å². The van der Waals surface area contributed by atoms with Crippen molar-refractivity contribution in [2.24, 2.45) is 5.41 Å². The summed E-state index contributed by atoms with van der Waals surface area (Å²) < 4.78 is 33.5. The summed E-state index contributed by atoms with van der Waals surface area (Å²) in [6, 6.07) is 15.7. The van der Waals surface area contributed by atoms with Crippen molar-refractivity contribution in [3.05, 3.63) is 59.7 Å². The van der Waals surface area contributed by atoms with Crippen LogP contribution in [0.4, 0.5) is 5.69 Å². The number of likely N-dealkylation sites (N-methyl/N-ethyl adjacent to an activating group) is 1. The highest BCUT2D eigenvalue weighted by atomic mass is 28.4. The number of amides is 1. The van der Waals surface area contributed by atoms with Gasteiger partial charge in [0.2, 0.25) is 13.9 Å². The maximum absolute atomic E-state index is 15.2. The first kappa shape index (κ1) is 34.5. The maximum Gasteiger partial charge on any atom is 0.343 e. The van der Waals surface area contributed by atoms with Crippen molar-refractivity contribution in [1.29, 1.82) is 0 Å². The average molecular weight is 691 g/mol. The van der Waals surface area contributed by atoms with Crippen molar-refractivity contribution >= 4 is 25.9 Å². The van der Waals surface area contributed by atoms with Gasteiger partial charge in [-0.3, -0.25) is 4.79 Å². The van der Waals surface area contributed by atoms with Gasteiger partial charge in [0, 0.05) is 25.3 Å². The van der Waals surface area contributed by atoms with Crippen molar-refractivity contribution in [3.63, 3.8) is 0 Å². The minimum atomic E-state index is -2.49. The fourth-order valence-electron chi connectivity index (χ4n) is 12.0. The molecule has 2 aromatic rings. The molecular formula is C39H54N2O7Si. The van der Waals surface area contributed by atoms with E-state index in [1.165, 1.54) is 7.11 Å². The molecule has 49 heavy (non-hydrogen) atoms. The second-order valence-electron chi connectivity index (χ2n) is 16.0. The molecule has 1 amide bonds. The largest absolute Gasteiger partial charge is 0.497 e. The molecule has 0 aliphatic carbocycles. The number of rotatable bonds is 11. The molecule has 0 N–H and O–H groups in total. The number of esters is 1. The Morgan fingerprint density at radius 1 is 1.02 bits per heavy atom. The predicted octanol–water partition coefficient (Wildman–Crippen LogP) is 6.58. The first-order valence-corrected chi connectivity index (χ1v) is 20.3. The molecule has 0 aromatic heterocycles. The summed E-state index contributed by atoms with van der Waals surface area (Å²) in [5.41, 5.74) is -0.193. The van der Waals surface area contributed by atoms with Crippen molar-refractivity contribution in [2.45, 2.75) is 126 Å². The molecule has 2 spiro atoms. The first-order chi connectivity index (χ1) is 23.3. The lowest BCUT2D eigenvalue weighted by atomic mass is 9.47. The van der Waals surface area contributed by atoms with Gasteiger partial charge in [0.05, 0.1) is 37.7 Å². The van der Waals surface area contributed by atoms with Crippen molar-refractivity contribution in [2.75, 3.05) is 32.7 Å². The molecule has 4 fully saturated rings. The molecule has 10 heteroatoms. The third-order valence-electron chi connectivity index (χ3n) is 13.5. The topological polar surface area (TPSA) is 86.8 Å². The normalized spacial score (nSPS) is 34.2. The van der Waals surface area contributed by atoms with E-state index in [0.717, 1.165) is 22.6 Å². The number of hydrogen-bond acceptors (Lipinski definition) is 8. The summed E-state index contributed by atoms with van der Waals surface area (Å²) in [6.45, 7) is 16.5. The van der Waals surface area contributed by atoms with E-state index in [9.17, 15) is 4.79 Å². The van der Waals surface area contributed by atoms with E-state index in [2.05, 4.69) is 59.4 Å². The average Bonchev–Trinajstić information content (AvgIpc) is 3.73. The Labute approximate surface area is 292 Å². The van der Waals surface area contributed by atoms with Crippen LogP contribution >= 0.6 is 0 Å². The van der Waals surface area contributed by atoms with E-state index in [4.69, 9.17) is 23.4 Å². The van der Waals surface area contributed by atoms with Gasteiger partial charge in [0.25, 0.3) is 5.91 Å². The van der Waals surface area contributed by atoms with Gasteiger partial charge in [0.1, 0.15) is 18.0 Å². The summed E-state index contributed by atoms with van der Waals surface area (Å²) in [5, 5.41) is 0. The molecule has 9 nitrogen and oxygen atoms in total. The summed E-state index contributed by atoms with van der Waals surface area (Å²) in [4.78, 5) is 34.0. The minimum Gasteiger partial charge on any atom is -0.497 e. The molecule has 0 unspecified atom stereocenters. The zero-order chi connectivity index (χ0) is 35.3. The maximum atomic E-state index is 15.2. The fourth-order valence-corrected chi connectivity index (χ4v) is 17.5. The molecule has 2 bridgehead atoms. The van der Waals surface area contributed by atoms with Gasteiger partial charge in [-0.2, -0.15) is 0 Å². The van der Waals surface area contributed by atoms with Crippen LogP contribution in [0.5, 0.6) is 5.75 Å². The summed E-state index contributed by atoms with van der Waals surface area (Å²) >= 11 is 0. The van der Waals surface area contributed by atoms with Crippen LogP contribution in [-0.2, 0) is 40.2 Å². The Morgan fingerprint density at radius 2 is 1.69 bits per heavy atom. The number of piperidine rings is 1. The molecule has 7 atom stereocenters. The quantitative estimate of drug-likeness (QED) is 0.193. The van der Waals surface area contributed by atoms with Gasteiger partial charge in [-0.25, -0.2) is 4.79 Å². The minimum absolute atomic E-state index is 0.0347. The molecule has 2 aromatic carbocycles. The van der Waals surface area contributed by atoms with Gasteiger partial charge in [-0.1, -0.05) is 84.9 Å². The van der Waals surface area contributed by atoms with Crippen LogP contribution < -0.4 is 9.64 Å². The third kappa shape index (κ3) is 3.92. The van der Waals surface area contributed by atoms with E-state index in [0.29, 0.717) is 42.4 Å². The molecular weight excluding hydrogens is 637 g/mol. The van der Waals surface area contributed by atoms with Crippen molar-refractivity contribution < 1.29 is 33.0 Å². The van der Waals surface area contributed by atoms with E-state index in [1.807, 2.05) is 54.4 Å². The highest BCUT2D eigenvalue weighted by molar-refractivity contribution is 6.77. The molecule has 266 valence electrons. The Bertz CT molecular complexity index is 1610. The van der Waals surface area contributed by atoms with Crippen LogP contribution in [0.1, 0.15) is 78.9 Å². The standard InChI is InChI=1S/C39H54N2O7Si/c1-11-36-22-31(47-49(24(2)3,25(4)5)26(6)7)32(42)41-20-19-37-29-18-17-28(44-9)21-30(29)40(8)33(37)38(35(43)45-10,48-39(36,37)41)34(36)46-23-27-15-13-12-14-16-27/h12-18,21,24-26,31,33-34H,11,19-20,22-23H2,1-10H3/t31-,33+,34+,36-,37-,38-,39-/m0/s1. The third-order valence-corrected chi connectivity index (χ3v) is 19.6. The first-order valence-electron chi connectivity index (χ1n) is 18.1. The van der Waals surface area contributed by atoms with Gasteiger partial charge in [-0.05, 0) is 53.1 Å². The predicted molar refractivity (Wildman–Crippen MR) is 190 cm³/mol. The number of fused-ring (bicyclic) bond motifs is 3. The number of carbonyl (C=O) groups is 2. The van der Waals surface area contributed by atoms with Crippen LogP contribution in [0, 0.1) is 5.41 Å². The molecule has 4 saturated heterocycles. The molecule has 5 heterocycles. The fraction of sp³-hybridized carbons (Fsp3) is 0.641. The highest BCUT2D eigenvalue weighted by Gasteiger charge is 2.96. The second-order valence-corrected chi connectivity index (χ2v) is 21.4. The monoisotopic (exact) mass is 690 g/mol. The Balaban J connectivity index is 1.48. The van der Waals surface area contributed by atoms with Crippen LogP contribution in [-0.4, -0.2) is 82.5 Å². The summed E-state index contributed by atoms with van der Waals surface area (Å²) in [7, 11) is 2.63. The lowest BCUT2D eigenvalue weighted by Crippen LogP contribution is -2.78. The van der Waals surface area contributed by atoms with Crippen LogP contribution in [0.25, 0.3) is 0 Å². The second kappa shape index (κ2) is 11.5. The smallest absolute Gasteiger partial charge is 0.343 e. The number of carbonyl (C=O) groups excluding carboxylic acids is 2. The number of ether oxygens (including phenoxy) is 4.